The van der Waals surface area contributed by atoms with Crippen LogP contribution in [0.5, 0.6) is 5.75 Å². The van der Waals surface area contributed by atoms with Gasteiger partial charge in [0.05, 0.1) is 7.11 Å². The smallest absolute Gasteiger partial charge is 0.261 e. The second kappa shape index (κ2) is 7.40. The summed E-state index contributed by atoms with van der Waals surface area (Å²) in [5.74, 6) is 0.229. The number of methoxy groups -OCH3 is 1. The minimum Gasteiger partial charge on any atom is -0.497 e. The molecule has 5 heteroatoms. The minimum atomic E-state index is -0.462. The van der Waals surface area contributed by atoms with E-state index in [1.54, 1.807) is 43.5 Å². The fourth-order valence-electron chi connectivity index (χ4n) is 3.05. The highest BCUT2D eigenvalue weighted by atomic mass is 16.5. The number of ether oxygens (including phenoxy) is 1. The number of aromatic amines is 1. The second-order valence-electron chi connectivity index (χ2n) is 6.36. The molecule has 0 fully saturated rings. The zero-order valence-electron chi connectivity index (χ0n) is 15.2. The molecule has 3 aromatic carbocycles. The fraction of sp³-hybridized carbons (Fsp3) is 0.0435. The number of rotatable bonds is 4. The van der Waals surface area contributed by atoms with E-state index in [0.29, 0.717) is 17.1 Å². The maximum atomic E-state index is 12.5. The summed E-state index contributed by atoms with van der Waals surface area (Å²) in [7, 11) is 1.57. The number of pyridine rings is 1. The molecule has 0 atom stereocenters. The van der Waals surface area contributed by atoms with Gasteiger partial charge in [0.2, 0.25) is 0 Å². The molecular formula is C23H18N2O3. The maximum Gasteiger partial charge on any atom is 0.261 e. The molecule has 1 amide bonds. The van der Waals surface area contributed by atoms with Gasteiger partial charge in [-0.1, -0.05) is 36.4 Å². The number of hydrogen-bond acceptors (Lipinski definition) is 3. The van der Waals surface area contributed by atoms with Crippen LogP contribution in [0.2, 0.25) is 0 Å². The van der Waals surface area contributed by atoms with Crippen molar-refractivity contribution in [3.63, 3.8) is 0 Å². The van der Waals surface area contributed by atoms with Crippen molar-refractivity contribution < 1.29 is 9.53 Å². The first-order valence-electron chi connectivity index (χ1n) is 8.82. The number of amides is 1. The molecule has 1 aromatic heterocycles. The first-order chi connectivity index (χ1) is 13.6. The van der Waals surface area contributed by atoms with Crippen LogP contribution in [0.1, 0.15) is 10.4 Å². The SMILES string of the molecule is COc1ccc(NC(=O)c2ccc(-c3ccc4ccccc4c3)[nH]c2=O)cc1. The number of aromatic nitrogens is 1. The molecule has 28 heavy (non-hydrogen) atoms. The lowest BCUT2D eigenvalue weighted by Crippen LogP contribution is -2.23. The molecule has 0 aliphatic rings. The quantitative estimate of drug-likeness (QED) is 0.557. The molecule has 0 saturated carbocycles. The highest BCUT2D eigenvalue weighted by molar-refractivity contribution is 6.04. The molecule has 0 unspecified atom stereocenters. The van der Waals surface area contributed by atoms with Crippen LogP contribution in [-0.2, 0) is 0 Å². The molecule has 0 radical (unpaired) electrons. The Bertz CT molecular complexity index is 1210. The number of anilines is 1. The van der Waals surface area contributed by atoms with Gasteiger partial charge < -0.3 is 15.0 Å². The van der Waals surface area contributed by atoms with Crippen LogP contribution in [0.25, 0.3) is 22.0 Å². The Morgan fingerprint density at radius 2 is 1.64 bits per heavy atom. The molecule has 0 aliphatic carbocycles. The number of nitrogens with one attached hydrogen (secondary N) is 2. The average Bonchev–Trinajstić information content (AvgIpc) is 2.73. The summed E-state index contributed by atoms with van der Waals surface area (Å²) in [6, 6.07) is 24.2. The number of H-pyrrole nitrogens is 1. The van der Waals surface area contributed by atoms with E-state index in [2.05, 4.69) is 10.3 Å². The van der Waals surface area contributed by atoms with Crippen LogP contribution in [0.3, 0.4) is 0 Å². The summed E-state index contributed by atoms with van der Waals surface area (Å²) in [4.78, 5) is 27.7. The highest BCUT2D eigenvalue weighted by Crippen LogP contribution is 2.22. The largest absolute Gasteiger partial charge is 0.497 e. The van der Waals surface area contributed by atoms with E-state index in [0.717, 1.165) is 16.3 Å². The highest BCUT2D eigenvalue weighted by Gasteiger charge is 2.12. The predicted octanol–water partition coefficient (Wildman–Crippen LogP) is 4.46. The monoisotopic (exact) mass is 370 g/mol. The van der Waals surface area contributed by atoms with Crippen LogP contribution < -0.4 is 15.6 Å². The fourth-order valence-corrected chi connectivity index (χ4v) is 3.05. The Hall–Kier alpha value is -3.86. The minimum absolute atomic E-state index is 0.0559. The van der Waals surface area contributed by atoms with Crippen LogP contribution in [0.4, 0.5) is 5.69 Å². The van der Waals surface area contributed by atoms with Crippen molar-refractivity contribution in [3.8, 4) is 17.0 Å². The summed E-state index contributed by atoms with van der Waals surface area (Å²) >= 11 is 0. The number of hydrogen-bond donors (Lipinski definition) is 2. The van der Waals surface area contributed by atoms with Crippen LogP contribution in [-0.4, -0.2) is 18.0 Å². The van der Waals surface area contributed by atoms with Crippen LogP contribution in [0.15, 0.2) is 83.7 Å². The number of fused-ring (bicyclic) bond motifs is 1. The topological polar surface area (TPSA) is 71.2 Å². The molecule has 4 rings (SSSR count). The van der Waals surface area contributed by atoms with Crippen molar-refractivity contribution in [1.82, 2.24) is 4.98 Å². The summed E-state index contributed by atoms with van der Waals surface area (Å²) < 4.78 is 5.09. The average molecular weight is 370 g/mol. The molecule has 138 valence electrons. The first kappa shape index (κ1) is 17.5. The van der Waals surface area contributed by atoms with E-state index in [-0.39, 0.29) is 5.56 Å². The summed E-state index contributed by atoms with van der Waals surface area (Å²) in [6.07, 6.45) is 0. The maximum absolute atomic E-state index is 12.5. The van der Waals surface area contributed by atoms with Gasteiger partial charge in [-0.3, -0.25) is 9.59 Å². The van der Waals surface area contributed by atoms with Gasteiger partial charge >= 0.3 is 0 Å². The third-order valence-corrected chi connectivity index (χ3v) is 4.56. The van der Waals surface area contributed by atoms with Crippen LogP contribution in [0, 0.1) is 0 Å². The molecule has 4 aromatic rings. The zero-order valence-corrected chi connectivity index (χ0v) is 15.2. The summed E-state index contributed by atoms with van der Waals surface area (Å²) in [6.45, 7) is 0. The lowest BCUT2D eigenvalue weighted by molar-refractivity contribution is 0.102. The van der Waals surface area contributed by atoms with Crippen LogP contribution >= 0.6 is 0 Å². The lowest BCUT2D eigenvalue weighted by atomic mass is 10.0. The second-order valence-corrected chi connectivity index (χ2v) is 6.36. The van der Waals surface area contributed by atoms with Crippen molar-refractivity contribution in [2.45, 2.75) is 0 Å². The molecule has 0 saturated heterocycles. The van der Waals surface area contributed by atoms with Crippen molar-refractivity contribution in [1.29, 1.82) is 0 Å². The number of benzene rings is 3. The van der Waals surface area contributed by atoms with E-state index >= 15 is 0 Å². The van der Waals surface area contributed by atoms with E-state index in [1.807, 2.05) is 42.5 Å². The number of carbonyl (C=O) groups is 1. The van der Waals surface area contributed by atoms with Gasteiger partial charge in [0.1, 0.15) is 11.3 Å². The Kier molecular flexibility index (Phi) is 4.64. The molecule has 0 aliphatic heterocycles. The van der Waals surface area contributed by atoms with Gasteiger partial charge in [-0.15, -0.1) is 0 Å². The molecule has 1 heterocycles. The first-order valence-corrected chi connectivity index (χ1v) is 8.82. The van der Waals surface area contributed by atoms with Gasteiger partial charge in [0, 0.05) is 11.4 Å². The lowest BCUT2D eigenvalue weighted by Gasteiger charge is -2.08. The van der Waals surface area contributed by atoms with E-state index in [4.69, 9.17) is 4.74 Å². The van der Waals surface area contributed by atoms with Gasteiger partial charge in [-0.05, 0) is 58.8 Å². The van der Waals surface area contributed by atoms with E-state index < -0.39 is 11.5 Å². The summed E-state index contributed by atoms with van der Waals surface area (Å²) in [5.41, 5.74) is 1.76. The molecule has 5 nitrogen and oxygen atoms in total. The molecular weight excluding hydrogens is 352 g/mol. The van der Waals surface area contributed by atoms with Crippen molar-refractivity contribution >= 4 is 22.4 Å². The third-order valence-electron chi connectivity index (χ3n) is 4.56. The Morgan fingerprint density at radius 1 is 0.893 bits per heavy atom. The Morgan fingerprint density at radius 3 is 2.36 bits per heavy atom. The van der Waals surface area contributed by atoms with Crippen molar-refractivity contribution in [2.24, 2.45) is 0 Å². The van der Waals surface area contributed by atoms with Gasteiger partial charge in [0.15, 0.2) is 0 Å². The molecule has 2 N–H and O–H groups in total. The Balaban J connectivity index is 1.59. The normalized spacial score (nSPS) is 10.6. The van der Waals surface area contributed by atoms with Crippen molar-refractivity contribution in [3.05, 3.63) is 94.8 Å². The van der Waals surface area contributed by atoms with E-state index in [1.165, 1.54) is 0 Å². The number of carbonyl (C=O) groups excluding carboxylic acids is 1. The standard InChI is InChI=1S/C23H18N2O3/c1-28-19-10-8-18(9-11-19)24-22(26)20-12-13-21(25-23(20)27)17-7-6-15-4-2-3-5-16(15)14-17/h2-14H,1H3,(H,24,26)(H,25,27). The van der Waals surface area contributed by atoms with Gasteiger partial charge in [-0.25, -0.2) is 0 Å². The Labute approximate surface area is 161 Å². The molecule has 0 spiro atoms. The van der Waals surface area contributed by atoms with E-state index in [9.17, 15) is 9.59 Å². The predicted molar refractivity (Wildman–Crippen MR) is 111 cm³/mol. The van der Waals surface area contributed by atoms with Gasteiger partial charge in [-0.2, -0.15) is 0 Å². The van der Waals surface area contributed by atoms with Gasteiger partial charge in [0.25, 0.3) is 11.5 Å². The van der Waals surface area contributed by atoms with Crippen molar-refractivity contribution in [2.75, 3.05) is 12.4 Å². The zero-order chi connectivity index (χ0) is 19.5. The molecule has 0 bridgehead atoms. The third kappa shape index (κ3) is 3.50. The summed E-state index contributed by atoms with van der Waals surface area (Å²) in [5, 5.41) is 4.93.